The van der Waals surface area contributed by atoms with Crippen molar-refractivity contribution >= 4 is 5.69 Å². The lowest BCUT2D eigenvalue weighted by Crippen LogP contribution is -2.41. The molecule has 0 unspecified atom stereocenters. The Morgan fingerprint density at radius 3 is 2.00 bits per heavy atom. The molecule has 16 heavy (non-hydrogen) atoms. The number of alkyl halides is 4. The molecule has 0 radical (unpaired) electrons. The van der Waals surface area contributed by atoms with E-state index in [1.165, 1.54) is 0 Å². The van der Waals surface area contributed by atoms with Crippen molar-refractivity contribution in [2.75, 3.05) is 5.73 Å². The molecule has 0 aliphatic carbocycles. The monoisotopic (exact) mass is 239 g/mol. The number of nitrogens with two attached hydrogens (primary N) is 1. The fourth-order valence-corrected chi connectivity index (χ4v) is 1.14. The molecule has 0 saturated heterocycles. The van der Waals surface area contributed by atoms with Crippen molar-refractivity contribution < 1.29 is 27.8 Å². The van der Waals surface area contributed by atoms with Gasteiger partial charge in [0.15, 0.2) is 0 Å². The zero-order valence-electron chi connectivity index (χ0n) is 7.87. The lowest BCUT2D eigenvalue weighted by molar-refractivity contribution is -0.183. The van der Waals surface area contributed by atoms with Crippen LogP contribution < -0.4 is 5.73 Å². The van der Waals surface area contributed by atoms with E-state index < -0.39 is 29.8 Å². The van der Waals surface area contributed by atoms with Crippen molar-refractivity contribution in [2.45, 2.75) is 18.5 Å². The van der Waals surface area contributed by atoms with Crippen molar-refractivity contribution in [2.24, 2.45) is 0 Å². The number of phenolic OH excluding ortho intramolecular Hbond substituents is 1. The number of anilines is 1. The van der Waals surface area contributed by atoms with Gasteiger partial charge in [0.1, 0.15) is 5.75 Å². The van der Waals surface area contributed by atoms with E-state index >= 15 is 0 Å². The van der Waals surface area contributed by atoms with Crippen LogP contribution >= 0.6 is 0 Å². The van der Waals surface area contributed by atoms with E-state index in [4.69, 9.17) is 10.8 Å². The first-order valence-electron chi connectivity index (χ1n) is 4.17. The lowest BCUT2D eigenvalue weighted by atomic mass is 9.94. The lowest BCUT2D eigenvalue weighted by Gasteiger charge is -2.26. The standard InChI is InChI=1S/C9H9F4NO2/c10-7(11)9(16,8(12)13)4-1-2-5(14)6(15)3-4/h1-3,7-8,15-16H,14H2. The smallest absolute Gasteiger partial charge is 0.276 e. The molecule has 0 aliphatic rings. The Bertz CT molecular complexity index is 376. The number of aromatic hydroxyl groups is 1. The molecule has 3 nitrogen and oxygen atoms in total. The molecule has 7 heteroatoms. The number of hydrogen-bond acceptors (Lipinski definition) is 3. The Morgan fingerprint density at radius 2 is 1.62 bits per heavy atom. The van der Waals surface area contributed by atoms with Crippen molar-refractivity contribution in [3.8, 4) is 5.75 Å². The van der Waals surface area contributed by atoms with Crippen LogP contribution in [0.2, 0.25) is 0 Å². The number of nitrogen functional groups attached to an aromatic ring is 1. The average molecular weight is 239 g/mol. The predicted octanol–water partition coefficient (Wildman–Crippen LogP) is 1.69. The summed E-state index contributed by atoms with van der Waals surface area (Å²) >= 11 is 0. The molecule has 90 valence electrons. The molecule has 0 atom stereocenters. The van der Waals surface area contributed by atoms with Gasteiger partial charge in [-0.3, -0.25) is 0 Å². The predicted molar refractivity (Wildman–Crippen MR) is 48.4 cm³/mol. The van der Waals surface area contributed by atoms with E-state index in [1.807, 2.05) is 0 Å². The molecule has 1 aromatic rings. The maximum atomic E-state index is 12.4. The van der Waals surface area contributed by atoms with Gasteiger partial charge < -0.3 is 15.9 Å². The van der Waals surface area contributed by atoms with Crippen LogP contribution in [0.1, 0.15) is 5.56 Å². The van der Waals surface area contributed by atoms with Gasteiger partial charge in [-0.15, -0.1) is 0 Å². The Labute approximate surface area is 88.1 Å². The van der Waals surface area contributed by atoms with Gasteiger partial charge in [0.2, 0.25) is 5.60 Å². The average Bonchev–Trinajstić information content (AvgIpc) is 2.20. The molecular weight excluding hydrogens is 230 g/mol. The molecule has 1 rings (SSSR count). The third-order valence-electron chi connectivity index (χ3n) is 2.16. The molecule has 0 aromatic heterocycles. The van der Waals surface area contributed by atoms with Crippen molar-refractivity contribution in [3.05, 3.63) is 23.8 Å². The first kappa shape index (κ1) is 12.6. The molecule has 0 aliphatic heterocycles. The number of rotatable bonds is 3. The second-order valence-corrected chi connectivity index (χ2v) is 3.20. The van der Waals surface area contributed by atoms with E-state index in [0.717, 1.165) is 12.1 Å². The summed E-state index contributed by atoms with van der Waals surface area (Å²) < 4.78 is 49.6. The zero-order valence-corrected chi connectivity index (χ0v) is 7.87. The Kier molecular flexibility index (Phi) is 3.27. The normalized spacial score (nSPS) is 12.4. The van der Waals surface area contributed by atoms with Gasteiger partial charge in [0.05, 0.1) is 5.69 Å². The summed E-state index contributed by atoms with van der Waals surface area (Å²) in [6.07, 6.45) is -7.37. The summed E-state index contributed by atoms with van der Waals surface area (Å²) in [7, 11) is 0. The second-order valence-electron chi connectivity index (χ2n) is 3.20. The van der Waals surface area contributed by atoms with Crippen molar-refractivity contribution in [1.29, 1.82) is 0 Å². The van der Waals surface area contributed by atoms with Crippen LogP contribution in [-0.2, 0) is 5.60 Å². The molecule has 1 aromatic carbocycles. The van der Waals surface area contributed by atoms with Crippen LogP contribution in [0.3, 0.4) is 0 Å². The van der Waals surface area contributed by atoms with Crippen LogP contribution in [-0.4, -0.2) is 23.1 Å². The summed E-state index contributed by atoms with van der Waals surface area (Å²) in [6, 6.07) is 2.36. The largest absolute Gasteiger partial charge is 0.506 e. The highest BCUT2D eigenvalue weighted by molar-refractivity contribution is 5.54. The highest BCUT2D eigenvalue weighted by Gasteiger charge is 2.48. The Morgan fingerprint density at radius 1 is 1.12 bits per heavy atom. The van der Waals surface area contributed by atoms with Gasteiger partial charge in [-0.2, -0.15) is 0 Å². The van der Waals surface area contributed by atoms with Gasteiger partial charge in [-0.25, -0.2) is 17.6 Å². The number of aliphatic hydroxyl groups is 1. The minimum atomic E-state index is -3.68. The highest BCUT2D eigenvalue weighted by Crippen LogP contribution is 2.37. The summed E-state index contributed by atoms with van der Waals surface area (Å²) in [5.74, 6) is -0.641. The first-order valence-corrected chi connectivity index (χ1v) is 4.17. The summed E-state index contributed by atoms with van der Waals surface area (Å²) in [6.45, 7) is 0. The van der Waals surface area contributed by atoms with Gasteiger partial charge in [-0.05, 0) is 17.7 Å². The molecule has 0 saturated carbocycles. The first-order chi connectivity index (χ1) is 7.30. The molecular formula is C9H9F4NO2. The van der Waals surface area contributed by atoms with E-state index in [2.05, 4.69) is 0 Å². The SMILES string of the molecule is Nc1ccc(C(O)(C(F)F)C(F)F)cc1O. The molecule has 0 spiro atoms. The van der Waals surface area contributed by atoms with Gasteiger partial charge in [0, 0.05) is 0 Å². The van der Waals surface area contributed by atoms with Crippen LogP contribution in [0, 0.1) is 0 Å². The van der Waals surface area contributed by atoms with Crippen molar-refractivity contribution in [1.82, 2.24) is 0 Å². The molecule has 4 N–H and O–H groups in total. The minimum Gasteiger partial charge on any atom is -0.506 e. The summed E-state index contributed by atoms with van der Waals surface area (Å²) in [5.41, 5.74) is 0.626. The van der Waals surface area contributed by atoms with Crippen LogP contribution in [0.25, 0.3) is 0 Å². The van der Waals surface area contributed by atoms with Gasteiger partial charge >= 0.3 is 0 Å². The topological polar surface area (TPSA) is 66.5 Å². The second kappa shape index (κ2) is 4.17. The van der Waals surface area contributed by atoms with E-state index in [1.54, 1.807) is 0 Å². The maximum Gasteiger partial charge on any atom is 0.276 e. The highest BCUT2D eigenvalue weighted by atomic mass is 19.3. The molecule has 0 bridgehead atoms. The van der Waals surface area contributed by atoms with Gasteiger partial charge in [-0.1, -0.05) is 6.07 Å². The fourth-order valence-electron chi connectivity index (χ4n) is 1.14. The van der Waals surface area contributed by atoms with E-state index in [-0.39, 0.29) is 5.69 Å². The number of hydrogen-bond donors (Lipinski definition) is 3. The maximum absolute atomic E-state index is 12.4. The summed E-state index contributed by atoms with van der Waals surface area (Å²) in [5, 5.41) is 18.3. The molecule has 0 heterocycles. The van der Waals surface area contributed by atoms with Gasteiger partial charge in [0.25, 0.3) is 12.9 Å². The number of halogens is 4. The third kappa shape index (κ3) is 1.90. The number of benzene rings is 1. The van der Waals surface area contributed by atoms with Crippen molar-refractivity contribution in [3.63, 3.8) is 0 Å². The fraction of sp³-hybridized carbons (Fsp3) is 0.333. The van der Waals surface area contributed by atoms with E-state index in [0.29, 0.717) is 6.07 Å². The quantitative estimate of drug-likeness (QED) is 0.427. The molecule has 0 amide bonds. The minimum absolute atomic E-state index is 0.158. The van der Waals surface area contributed by atoms with Crippen LogP contribution in [0.5, 0.6) is 5.75 Å². The molecule has 0 fully saturated rings. The van der Waals surface area contributed by atoms with Crippen LogP contribution in [0.4, 0.5) is 23.2 Å². The van der Waals surface area contributed by atoms with Crippen LogP contribution in [0.15, 0.2) is 18.2 Å². The Hall–Kier alpha value is -1.50. The zero-order chi connectivity index (χ0) is 12.5. The van der Waals surface area contributed by atoms with E-state index in [9.17, 15) is 22.7 Å². The third-order valence-corrected chi connectivity index (χ3v) is 2.16. The number of phenols is 1. The summed E-state index contributed by atoms with van der Waals surface area (Å²) in [4.78, 5) is 0. The Balaban J connectivity index is 3.27.